The second-order valence-electron chi connectivity index (χ2n) is 6.18. The molecule has 1 aliphatic heterocycles. The van der Waals surface area contributed by atoms with Crippen LogP contribution in [0.15, 0.2) is 41.2 Å². The lowest BCUT2D eigenvalue weighted by molar-refractivity contribution is -0.144. The SMILES string of the molecule is NC(=O)c1ccc(C(F)(F)F)n(CC(=O)NC2CCOc3ccccc32)c1=O. The Labute approximate surface area is 156 Å². The number of pyridine rings is 1. The molecule has 2 amide bonds. The van der Waals surface area contributed by atoms with Crippen LogP contribution in [0.4, 0.5) is 13.2 Å². The van der Waals surface area contributed by atoms with E-state index in [-0.39, 0.29) is 4.57 Å². The van der Waals surface area contributed by atoms with E-state index in [0.717, 1.165) is 0 Å². The van der Waals surface area contributed by atoms with Gasteiger partial charge in [-0.3, -0.25) is 19.0 Å². The highest BCUT2D eigenvalue weighted by Crippen LogP contribution is 2.32. The number of nitrogens with two attached hydrogens (primary N) is 1. The Morgan fingerprint density at radius 2 is 1.93 bits per heavy atom. The Kier molecular flexibility index (Phi) is 5.12. The normalized spacial score (nSPS) is 16.0. The van der Waals surface area contributed by atoms with Crippen LogP contribution in [0.5, 0.6) is 5.75 Å². The first-order valence-electron chi connectivity index (χ1n) is 8.30. The van der Waals surface area contributed by atoms with Crippen LogP contribution in [0.1, 0.15) is 34.1 Å². The van der Waals surface area contributed by atoms with Crippen molar-refractivity contribution in [3.05, 3.63) is 63.6 Å². The number of nitrogens with zero attached hydrogens (tertiary/aromatic N) is 1. The summed E-state index contributed by atoms with van der Waals surface area (Å²) in [5.74, 6) is -1.41. The number of ether oxygens (including phenoxy) is 1. The average molecular weight is 395 g/mol. The molecule has 1 unspecified atom stereocenters. The number of primary amides is 1. The summed E-state index contributed by atoms with van der Waals surface area (Å²) < 4.78 is 45.4. The molecule has 0 radical (unpaired) electrons. The Balaban J connectivity index is 1.89. The zero-order valence-corrected chi connectivity index (χ0v) is 14.5. The third-order valence-electron chi connectivity index (χ3n) is 4.33. The number of alkyl halides is 3. The summed E-state index contributed by atoms with van der Waals surface area (Å²) in [4.78, 5) is 36.0. The van der Waals surface area contributed by atoms with E-state index in [4.69, 9.17) is 10.5 Å². The molecule has 7 nitrogen and oxygen atoms in total. The molecule has 3 rings (SSSR count). The van der Waals surface area contributed by atoms with E-state index in [1.807, 2.05) is 0 Å². The molecular weight excluding hydrogens is 379 g/mol. The van der Waals surface area contributed by atoms with E-state index < -0.39 is 47.4 Å². The second-order valence-corrected chi connectivity index (χ2v) is 6.18. The molecule has 0 bridgehead atoms. The summed E-state index contributed by atoms with van der Waals surface area (Å²) in [6, 6.07) is 7.75. The number of benzene rings is 1. The number of carbonyl (C=O) groups excluding carboxylic acids is 2. The van der Waals surface area contributed by atoms with E-state index >= 15 is 0 Å². The van der Waals surface area contributed by atoms with Gasteiger partial charge in [-0.25, -0.2) is 0 Å². The molecule has 1 atom stereocenters. The molecule has 1 aromatic carbocycles. The Morgan fingerprint density at radius 1 is 1.21 bits per heavy atom. The summed E-state index contributed by atoms with van der Waals surface area (Å²) in [7, 11) is 0. The molecule has 0 saturated heterocycles. The monoisotopic (exact) mass is 395 g/mol. The fourth-order valence-electron chi connectivity index (χ4n) is 3.05. The molecule has 1 aliphatic rings. The Hall–Kier alpha value is -3.30. The molecule has 3 N–H and O–H groups in total. The number of amides is 2. The van der Waals surface area contributed by atoms with Gasteiger partial charge in [-0.15, -0.1) is 0 Å². The lowest BCUT2D eigenvalue weighted by Crippen LogP contribution is -2.40. The van der Waals surface area contributed by atoms with Crippen molar-refractivity contribution >= 4 is 11.8 Å². The summed E-state index contributed by atoms with van der Waals surface area (Å²) in [5, 5.41) is 2.62. The second kappa shape index (κ2) is 7.37. The zero-order chi connectivity index (χ0) is 20.5. The predicted molar refractivity (Wildman–Crippen MR) is 91.7 cm³/mol. The molecule has 148 valence electrons. The van der Waals surface area contributed by atoms with Crippen LogP contribution < -0.4 is 21.3 Å². The van der Waals surface area contributed by atoms with Crippen molar-refractivity contribution < 1.29 is 27.5 Å². The third kappa shape index (κ3) is 3.85. The van der Waals surface area contributed by atoms with Crippen molar-refractivity contribution in [3.63, 3.8) is 0 Å². The standard InChI is InChI=1S/C18H16F3N3O4/c19-18(20,21)14-6-5-11(16(22)26)17(27)24(14)9-15(25)23-12-7-8-28-13-4-2-1-3-10(12)13/h1-6,12H,7-9H2,(H2,22,26)(H,23,25). The van der Waals surface area contributed by atoms with Gasteiger partial charge in [-0.2, -0.15) is 13.2 Å². The fraction of sp³-hybridized carbons (Fsp3) is 0.278. The van der Waals surface area contributed by atoms with Crippen LogP contribution >= 0.6 is 0 Å². The van der Waals surface area contributed by atoms with E-state index in [2.05, 4.69) is 5.32 Å². The fourth-order valence-corrected chi connectivity index (χ4v) is 3.05. The highest BCUT2D eigenvalue weighted by atomic mass is 19.4. The minimum absolute atomic E-state index is 0.209. The number of aromatic nitrogens is 1. The Bertz CT molecular complexity index is 985. The number of nitrogens with one attached hydrogen (secondary N) is 1. The number of carbonyl (C=O) groups is 2. The highest BCUT2D eigenvalue weighted by Gasteiger charge is 2.36. The number of rotatable bonds is 4. The van der Waals surface area contributed by atoms with Gasteiger partial charge < -0.3 is 15.8 Å². The van der Waals surface area contributed by atoms with E-state index in [0.29, 0.717) is 36.5 Å². The average Bonchev–Trinajstić information content (AvgIpc) is 2.62. The zero-order valence-electron chi connectivity index (χ0n) is 14.5. The quantitative estimate of drug-likeness (QED) is 0.821. The van der Waals surface area contributed by atoms with Crippen LogP contribution in [0.25, 0.3) is 0 Å². The van der Waals surface area contributed by atoms with Gasteiger partial charge in [0.15, 0.2) is 0 Å². The first kappa shape index (κ1) is 19.5. The number of halogens is 3. The van der Waals surface area contributed by atoms with Crippen molar-refractivity contribution in [2.24, 2.45) is 5.73 Å². The molecule has 2 heterocycles. The number of fused-ring (bicyclic) bond motifs is 1. The smallest absolute Gasteiger partial charge is 0.431 e. The molecule has 0 saturated carbocycles. The molecule has 0 fully saturated rings. The minimum atomic E-state index is -4.89. The van der Waals surface area contributed by atoms with Crippen LogP contribution in [-0.4, -0.2) is 23.0 Å². The topological polar surface area (TPSA) is 103 Å². The highest BCUT2D eigenvalue weighted by molar-refractivity contribution is 5.92. The molecule has 2 aromatic rings. The summed E-state index contributed by atoms with van der Waals surface area (Å²) >= 11 is 0. The van der Waals surface area contributed by atoms with E-state index in [9.17, 15) is 27.6 Å². The largest absolute Gasteiger partial charge is 0.493 e. The molecule has 28 heavy (non-hydrogen) atoms. The van der Waals surface area contributed by atoms with Crippen LogP contribution in [-0.2, 0) is 17.5 Å². The van der Waals surface area contributed by atoms with Gasteiger partial charge >= 0.3 is 6.18 Å². The van der Waals surface area contributed by atoms with Gasteiger partial charge in [0.05, 0.1) is 12.6 Å². The van der Waals surface area contributed by atoms with Crippen LogP contribution in [0.3, 0.4) is 0 Å². The maximum absolute atomic E-state index is 13.2. The molecule has 0 aliphatic carbocycles. The van der Waals surface area contributed by atoms with Gasteiger partial charge in [0.25, 0.3) is 11.5 Å². The van der Waals surface area contributed by atoms with E-state index in [1.54, 1.807) is 24.3 Å². The lowest BCUT2D eigenvalue weighted by atomic mass is 10.0. The van der Waals surface area contributed by atoms with Gasteiger partial charge in [-0.05, 0) is 18.2 Å². The Morgan fingerprint density at radius 3 is 2.61 bits per heavy atom. The van der Waals surface area contributed by atoms with Crippen molar-refractivity contribution in [2.45, 2.75) is 25.2 Å². The minimum Gasteiger partial charge on any atom is -0.493 e. The lowest BCUT2D eigenvalue weighted by Gasteiger charge is -2.27. The molecule has 0 spiro atoms. The van der Waals surface area contributed by atoms with Gasteiger partial charge in [0.1, 0.15) is 23.6 Å². The first-order valence-corrected chi connectivity index (χ1v) is 8.30. The molecule has 10 heteroatoms. The van der Waals surface area contributed by atoms with Crippen molar-refractivity contribution in [1.29, 1.82) is 0 Å². The maximum atomic E-state index is 13.2. The van der Waals surface area contributed by atoms with Crippen LogP contribution in [0, 0.1) is 0 Å². The summed E-state index contributed by atoms with van der Waals surface area (Å²) in [6.45, 7) is -0.582. The molecular formula is C18H16F3N3O4. The van der Waals surface area contributed by atoms with E-state index in [1.165, 1.54) is 0 Å². The summed E-state index contributed by atoms with van der Waals surface area (Å²) in [6.07, 6.45) is -4.47. The molecule has 1 aromatic heterocycles. The maximum Gasteiger partial charge on any atom is 0.431 e. The van der Waals surface area contributed by atoms with Crippen molar-refractivity contribution in [3.8, 4) is 5.75 Å². The van der Waals surface area contributed by atoms with Crippen molar-refractivity contribution in [2.75, 3.05) is 6.61 Å². The van der Waals surface area contributed by atoms with Crippen LogP contribution in [0.2, 0.25) is 0 Å². The van der Waals surface area contributed by atoms with Gasteiger partial charge in [0, 0.05) is 12.0 Å². The predicted octanol–water partition coefficient (Wildman–Crippen LogP) is 1.61. The first-order chi connectivity index (χ1) is 13.2. The number of hydrogen-bond acceptors (Lipinski definition) is 4. The van der Waals surface area contributed by atoms with Gasteiger partial charge in [0.2, 0.25) is 5.91 Å². The van der Waals surface area contributed by atoms with Crippen molar-refractivity contribution in [1.82, 2.24) is 9.88 Å². The van der Waals surface area contributed by atoms with Gasteiger partial charge in [-0.1, -0.05) is 18.2 Å². The number of para-hydroxylation sites is 1. The number of hydrogen-bond donors (Lipinski definition) is 2. The summed E-state index contributed by atoms with van der Waals surface area (Å²) in [5.41, 5.74) is 2.48. The third-order valence-corrected chi connectivity index (χ3v) is 4.33.